The first-order chi connectivity index (χ1) is 10.7. The third kappa shape index (κ3) is 3.42. The first-order valence-electron chi connectivity index (χ1n) is 7.09. The highest BCUT2D eigenvalue weighted by molar-refractivity contribution is 5.93. The quantitative estimate of drug-likeness (QED) is 0.816. The summed E-state index contributed by atoms with van der Waals surface area (Å²) in [7, 11) is 0. The number of amides is 2. The summed E-state index contributed by atoms with van der Waals surface area (Å²) in [4.78, 5) is 35.0. The van der Waals surface area contributed by atoms with Crippen molar-refractivity contribution < 1.29 is 19.1 Å². The van der Waals surface area contributed by atoms with Gasteiger partial charge in [0.05, 0.1) is 37.8 Å². The van der Waals surface area contributed by atoms with Crippen molar-refractivity contribution in [3.63, 3.8) is 0 Å². The van der Waals surface area contributed by atoms with Crippen LogP contribution in [0.5, 0.6) is 0 Å². The van der Waals surface area contributed by atoms with E-state index in [1.165, 1.54) is 4.90 Å². The van der Waals surface area contributed by atoms with Crippen molar-refractivity contribution in [3.05, 3.63) is 12.4 Å². The van der Waals surface area contributed by atoms with Crippen LogP contribution in [0.15, 0.2) is 12.4 Å². The van der Waals surface area contributed by atoms with E-state index in [0.29, 0.717) is 38.0 Å². The number of carbonyl (C=O) groups excluding carboxylic acids is 2. The molecule has 22 heavy (non-hydrogen) atoms. The highest BCUT2D eigenvalue weighted by Crippen LogP contribution is 2.12. The first-order valence-corrected chi connectivity index (χ1v) is 7.09. The van der Waals surface area contributed by atoms with Crippen molar-refractivity contribution in [1.82, 2.24) is 14.9 Å². The molecule has 0 aliphatic carbocycles. The van der Waals surface area contributed by atoms with Crippen molar-refractivity contribution in [2.45, 2.75) is 0 Å². The van der Waals surface area contributed by atoms with Crippen LogP contribution in [0.1, 0.15) is 0 Å². The highest BCUT2D eigenvalue weighted by Gasteiger charge is 2.24. The second kappa shape index (κ2) is 6.56. The lowest BCUT2D eigenvalue weighted by Crippen LogP contribution is -2.37. The molecule has 9 heteroatoms. The molecule has 1 N–H and O–H groups in total. The predicted octanol–water partition coefficient (Wildman–Crippen LogP) is -0.296. The molecular weight excluding hydrogens is 290 g/mol. The smallest absolute Gasteiger partial charge is 0.410 e. The van der Waals surface area contributed by atoms with Gasteiger partial charge in [-0.05, 0) is 0 Å². The maximum Gasteiger partial charge on any atom is 0.410 e. The number of morpholine rings is 1. The lowest BCUT2D eigenvalue weighted by molar-refractivity contribution is -0.116. The summed E-state index contributed by atoms with van der Waals surface area (Å²) in [6.07, 6.45) is 2.64. The van der Waals surface area contributed by atoms with Crippen molar-refractivity contribution in [2.24, 2.45) is 0 Å². The van der Waals surface area contributed by atoms with E-state index in [-0.39, 0.29) is 12.5 Å². The minimum Gasteiger partial charge on any atom is -0.448 e. The molecule has 1 aromatic rings. The topological polar surface area (TPSA) is 96.9 Å². The van der Waals surface area contributed by atoms with Gasteiger partial charge in [0.2, 0.25) is 11.9 Å². The van der Waals surface area contributed by atoms with Gasteiger partial charge in [0.25, 0.3) is 0 Å². The van der Waals surface area contributed by atoms with Crippen molar-refractivity contribution in [2.75, 3.05) is 56.2 Å². The molecule has 2 fully saturated rings. The Bertz CT molecular complexity index is 544. The van der Waals surface area contributed by atoms with Gasteiger partial charge in [-0.1, -0.05) is 0 Å². The zero-order valence-corrected chi connectivity index (χ0v) is 12.0. The van der Waals surface area contributed by atoms with Crippen LogP contribution < -0.4 is 10.2 Å². The average Bonchev–Trinajstić information content (AvgIpc) is 2.94. The van der Waals surface area contributed by atoms with Crippen molar-refractivity contribution in [1.29, 1.82) is 0 Å². The molecule has 2 aliphatic heterocycles. The van der Waals surface area contributed by atoms with Gasteiger partial charge >= 0.3 is 6.09 Å². The summed E-state index contributed by atoms with van der Waals surface area (Å²) < 4.78 is 10.0. The molecule has 2 saturated heterocycles. The van der Waals surface area contributed by atoms with Gasteiger partial charge in [-0.15, -0.1) is 0 Å². The molecule has 118 valence electrons. The van der Waals surface area contributed by atoms with Crippen LogP contribution in [0.3, 0.4) is 0 Å². The van der Waals surface area contributed by atoms with E-state index < -0.39 is 6.09 Å². The van der Waals surface area contributed by atoms with E-state index in [4.69, 9.17) is 9.47 Å². The summed E-state index contributed by atoms with van der Waals surface area (Å²) in [5, 5.41) is 2.66. The summed E-state index contributed by atoms with van der Waals surface area (Å²) in [5.41, 5.74) is 0.495. The van der Waals surface area contributed by atoms with Crippen LogP contribution in [0, 0.1) is 0 Å². The Labute approximate surface area is 127 Å². The molecule has 0 bridgehead atoms. The maximum atomic E-state index is 11.9. The molecule has 2 aliphatic rings. The minimum atomic E-state index is -0.464. The van der Waals surface area contributed by atoms with Gasteiger partial charge in [0.1, 0.15) is 13.2 Å². The maximum absolute atomic E-state index is 11.9. The summed E-state index contributed by atoms with van der Waals surface area (Å²) in [5.74, 6) is 0.311. The van der Waals surface area contributed by atoms with Gasteiger partial charge in [0.15, 0.2) is 0 Å². The van der Waals surface area contributed by atoms with Crippen LogP contribution in [-0.2, 0) is 14.3 Å². The Hall–Kier alpha value is -2.42. The number of carbonyl (C=O) groups is 2. The SMILES string of the molecule is O=C(CN1CCOC1=O)Nc1cnc(N2CCOCC2)nc1. The molecule has 0 spiro atoms. The van der Waals surface area contributed by atoms with Gasteiger partial charge in [-0.25, -0.2) is 14.8 Å². The van der Waals surface area contributed by atoms with E-state index in [1.54, 1.807) is 12.4 Å². The minimum absolute atomic E-state index is 0.0377. The van der Waals surface area contributed by atoms with Crippen LogP contribution >= 0.6 is 0 Å². The zero-order chi connectivity index (χ0) is 15.4. The zero-order valence-electron chi connectivity index (χ0n) is 12.0. The molecule has 0 radical (unpaired) electrons. The van der Waals surface area contributed by atoms with Crippen LogP contribution in [0.4, 0.5) is 16.4 Å². The Kier molecular flexibility index (Phi) is 4.33. The number of rotatable bonds is 4. The van der Waals surface area contributed by atoms with Gasteiger partial charge in [-0.3, -0.25) is 9.69 Å². The monoisotopic (exact) mass is 307 g/mol. The normalized spacial score (nSPS) is 18.3. The van der Waals surface area contributed by atoms with E-state index in [9.17, 15) is 9.59 Å². The highest BCUT2D eigenvalue weighted by atomic mass is 16.6. The van der Waals surface area contributed by atoms with Crippen LogP contribution in [-0.4, -0.2) is 72.9 Å². The molecule has 0 saturated carbocycles. The standard InChI is InChI=1S/C13H17N5O4/c19-11(9-18-3-6-22-13(18)20)16-10-7-14-12(15-8-10)17-1-4-21-5-2-17/h7-8H,1-6,9H2,(H,16,19). The summed E-state index contributed by atoms with van der Waals surface area (Å²) in [6.45, 7) is 3.54. The number of nitrogens with zero attached hydrogens (tertiary/aromatic N) is 4. The fourth-order valence-corrected chi connectivity index (χ4v) is 2.26. The van der Waals surface area contributed by atoms with Crippen molar-refractivity contribution >= 4 is 23.6 Å². The largest absolute Gasteiger partial charge is 0.448 e. The number of nitrogens with one attached hydrogen (secondary N) is 1. The summed E-state index contributed by atoms with van der Waals surface area (Å²) >= 11 is 0. The molecule has 0 atom stereocenters. The van der Waals surface area contributed by atoms with Gasteiger partial charge in [-0.2, -0.15) is 0 Å². The Morgan fingerprint density at radius 1 is 1.18 bits per heavy atom. The Balaban J connectivity index is 1.54. The third-order valence-corrected chi connectivity index (χ3v) is 3.40. The summed E-state index contributed by atoms with van der Waals surface area (Å²) in [6, 6.07) is 0. The fraction of sp³-hybridized carbons (Fsp3) is 0.538. The molecule has 1 aromatic heterocycles. The van der Waals surface area contributed by atoms with E-state index >= 15 is 0 Å². The van der Waals surface area contributed by atoms with Gasteiger partial charge < -0.3 is 19.7 Å². The predicted molar refractivity (Wildman–Crippen MR) is 76.6 cm³/mol. The molecule has 0 aromatic carbocycles. The molecule has 0 unspecified atom stereocenters. The van der Waals surface area contributed by atoms with Crippen LogP contribution in [0.2, 0.25) is 0 Å². The lowest BCUT2D eigenvalue weighted by Gasteiger charge is -2.26. The van der Waals surface area contributed by atoms with Crippen LogP contribution in [0.25, 0.3) is 0 Å². The Morgan fingerprint density at radius 2 is 1.91 bits per heavy atom. The van der Waals surface area contributed by atoms with E-state index in [2.05, 4.69) is 15.3 Å². The molecule has 3 rings (SSSR count). The fourth-order valence-electron chi connectivity index (χ4n) is 2.26. The average molecular weight is 307 g/mol. The Morgan fingerprint density at radius 3 is 2.55 bits per heavy atom. The third-order valence-electron chi connectivity index (χ3n) is 3.40. The second-order valence-electron chi connectivity index (χ2n) is 4.96. The molecule has 2 amide bonds. The lowest BCUT2D eigenvalue weighted by atomic mass is 10.4. The number of ether oxygens (including phenoxy) is 2. The number of aromatic nitrogens is 2. The molecule has 9 nitrogen and oxygen atoms in total. The number of hydrogen-bond donors (Lipinski definition) is 1. The number of cyclic esters (lactones) is 1. The molecular formula is C13H17N5O4. The van der Waals surface area contributed by atoms with E-state index in [0.717, 1.165) is 13.1 Å². The number of hydrogen-bond acceptors (Lipinski definition) is 7. The number of anilines is 2. The molecule has 3 heterocycles. The second-order valence-corrected chi connectivity index (χ2v) is 4.96. The van der Waals surface area contributed by atoms with Gasteiger partial charge in [0, 0.05) is 13.1 Å². The van der Waals surface area contributed by atoms with E-state index in [1.807, 2.05) is 4.90 Å². The van der Waals surface area contributed by atoms with Crippen molar-refractivity contribution in [3.8, 4) is 0 Å². The first kappa shape index (κ1) is 14.5.